The maximum atomic E-state index is 9.56. The van der Waals surface area contributed by atoms with Crippen molar-refractivity contribution in [2.45, 2.75) is 4.90 Å². The van der Waals surface area contributed by atoms with Crippen LogP contribution in [0.4, 0.5) is 0 Å². The Morgan fingerprint density at radius 3 is 2.85 bits per heavy atom. The summed E-state index contributed by atoms with van der Waals surface area (Å²) in [7, 11) is 0. The van der Waals surface area contributed by atoms with Gasteiger partial charge in [-0.3, -0.25) is 0 Å². The molecule has 68 valence electrons. The average molecular weight is 231 g/mol. The fourth-order valence-electron chi connectivity index (χ4n) is 1.19. The second-order valence-electron chi connectivity index (χ2n) is 2.61. The molecule has 1 heterocycles. The molecule has 0 amide bonds. The van der Waals surface area contributed by atoms with Gasteiger partial charge in [-0.1, -0.05) is 11.6 Å². The van der Waals surface area contributed by atoms with Crippen LogP contribution in [0.5, 0.6) is 5.75 Å². The first-order chi connectivity index (χ1) is 6.20. The van der Waals surface area contributed by atoms with Crippen LogP contribution in [0.25, 0.3) is 10.1 Å². The highest BCUT2D eigenvalue weighted by Gasteiger charge is 2.05. The van der Waals surface area contributed by atoms with Gasteiger partial charge in [0.1, 0.15) is 5.75 Å². The van der Waals surface area contributed by atoms with E-state index in [9.17, 15) is 5.11 Å². The second kappa shape index (κ2) is 3.40. The van der Waals surface area contributed by atoms with Crippen LogP contribution in [0.15, 0.2) is 23.1 Å². The Balaban J connectivity index is 2.72. The number of thiophene rings is 1. The Bertz CT molecular complexity index is 450. The zero-order valence-corrected chi connectivity index (χ0v) is 9.26. The topological polar surface area (TPSA) is 20.2 Å². The Hall–Kier alpha value is -0.380. The largest absolute Gasteiger partial charge is 0.507 e. The molecular formula is C9H7ClOS2. The summed E-state index contributed by atoms with van der Waals surface area (Å²) in [6.45, 7) is 0. The second-order valence-corrected chi connectivity index (χ2v) is 5.18. The highest BCUT2D eigenvalue weighted by Crippen LogP contribution is 2.36. The van der Waals surface area contributed by atoms with Gasteiger partial charge in [0.25, 0.3) is 0 Å². The molecule has 2 rings (SSSR count). The molecule has 0 saturated carbocycles. The molecule has 0 aliphatic rings. The van der Waals surface area contributed by atoms with Gasteiger partial charge in [-0.15, -0.1) is 23.1 Å². The van der Waals surface area contributed by atoms with Gasteiger partial charge in [0, 0.05) is 4.70 Å². The molecule has 0 saturated heterocycles. The Morgan fingerprint density at radius 1 is 1.38 bits per heavy atom. The molecule has 1 aromatic carbocycles. The number of phenols is 1. The van der Waals surface area contributed by atoms with Crippen LogP contribution >= 0.6 is 34.7 Å². The summed E-state index contributed by atoms with van der Waals surface area (Å²) in [6.07, 6.45) is 1.94. The van der Waals surface area contributed by atoms with E-state index in [0.717, 1.165) is 19.3 Å². The van der Waals surface area contributed by atoms with Crippen molar-refractivity contribution in [3.8, 4) is 5.75 Å². The minimum Gasteiger partial charge on any atom is -0.507 e. The fourth-order valence-corrected chi connectivity index (χ4v) is 2.94. The first-order valence-electron chi connectivity index (χ1n) is 3.67. The lowest BCUT2D eigenvalue weighted by Gasteiger charge is -1.99. The fraction of sp³-hybridized carbons (Fsp3) is 0.111. The van der Waals surface area contributed by atoms with E-state index < -0.39 is 0 Å². The van der Waals surface area contributed by atoms with E-state index in [1.807, 2.05) is 18.4 Å². The Labute approximate surface area is 89.3 Å². The third kappa shape index (κ3) is 1.64. The molecule has 4 heteroatoms. The van der Waals surface area contributed by atoms with Crippen molar-refractivity contribution in [2.75, 3.05) is 6.26 Å². The van der Waals surface area contributed by atoms with E-state index in [1.165, 1.54) is 23.1 Å². The van der Waals surface area contributed by atoms with Crippen molar-refractivity contribution in [1.29, 1.82) is 0 Å². The van der Waals surface area contributed by atoms with Crippen molar-refractivity contribution in [2.24, 2.45) is 0 Å². The summed E-state index contributed by atoms with van der Waals surface area (Å²) in [4.78, 5) is 0.894. The number of benzene rings is 1. The van der Waals surface area contributed by atoms with Gasteiger partial charge in [-0.05, 0) is 29.8 Å². The Morgan fingerprint density at radius 2 is 2.15 bits per heavy atom. The number of rotatable bonds is 1. The summed E-state index contributed by atoms with van der Waals surface area (Å²) in [5, 5.41) is 10.6. The summed E-state index contributed by atoms with van der Waals surface area (Å²) in [5.74, 6) is 0.328. The molecular weight excluding hydrogens is 224 g/mol. The van der Waals surface area contributed by atoms with Crippen molar-refractivity contribution < 1.29 is 5.11 Å². The van der Waals surface area contributed by atoms with Crippen LogP contribution in [0.2, 0.25) is 4.34 Å². The lowest BCUT2D eigenvalue weighted by molar-refractivity contribution is 0.463. The summed E-state index contributed by atoms with van der Waals surface area (Å²) in [5.41, 5.74) is 0. The summed E-state index contributed by atoms with van der Waals surface area (Å²) in [6, 6.07) is 5.58. The quantitative estimate of drug-likeness (QED) is 0.748. The minimum absolute atomic E-state index is 0.328. The Kier molecular flexibility index (Phi) is 2.41. The van der Waals surface area contributed by atoms with Crippen molar-refractivity contribution >= 4 is 44.8 Å². The normalized spacial score (nSPS) is 10.9. The lowest BCUT2D eigenvalue weighted by Crippen LogP contribution is -1.71. The van der Waals surface area contributed by atoms with Gasteiger partial charge >= 0.3 is 0 Å². The van der Waals surface area contributed by atoms with E-state index in [2.05, 4.69) is 0 Å². The predicted molar refractivity (Wildman–Crippen MR) is 60.3 cm³/mol. The average Bonchev–Trinajstić information content (AvgIpc) is 2.42. The molecule has 13 heavy (non-hydrogen) atoms. The van der Waals surface area contributed by atoms with Gasteiger partial charge in [0.2, 0.25) is 0 Å². The number of halogens is 1. The van der Waals surface area contributed by atoms with Crippen LogP contribution in [0, 0.1) is 0 Å². The molecule has 0 bridgehead atoms. The minimum atomic E-state index is 0.328. The highest BCUT2D eigenvalue weighted by molar-refractivity contribution is 7.98. The molecule has 1 aromatic heterocycles. The van der Waals surface area contributed by atoms with Gasteiger partial charge < -0.3 is 5.11 Å². The maximum absolute atomic E-state index is 9.56. The van der Waals surface area contributed by atoms with Gasteiger partial charge in [0.05, 0.1) is 9.23 Å². The van der Waals surface area contributed by atoms with Gasteiger partial charge in [0.15, 0.2) is 0 Å². The number of aromatic hydroxyl groups is 1. The van der Waals surface area contributed by atoms with E-state index in [4.69, 9.17) is 11.6 Å². The zero-order chi connectivity index (χ0) is 9.42. The number of phenolic OH excluding ortho intramolecular Hbond substituents is 1. The van der Waals surface area contributed by atoms with E-state index in [0.29, 0.717) is 5.75 Å². The number of hydrogen-bond donors (Lipinski definition) is 1. The van der Waals surface area contributed by atoms with Crippen LogP contribution in [-0.4, -0.2) is 11.4 Å². The van der Waals surface area contributed by atoms with Crippen molar-refractivity contribution in [3.63, 3.8) is 0 Å². The third-order valence-corrected chi connectivity index (χ3v) is 3.78. The smallest absolute Gasteiger partial charge is 0.129 e. The van der Waals surface area contributed by atoms with E-state index in [-0.39, 0.29) is 0 Å². The monoisotopic (exact) mass is 230 g/mol. The molecule has 0 fully saturated rings. The standard InChI is InChI=1S/C9H7ClOS2/c1-12-8-4-7-5(2-6(8)11)3-9(10)13-7/h2-4,11H,1H3. The van der Waals surface area contributed by atoms with E-state index in [1.54, 1.807) is 6.07 Å². The predicted octanol–water partition coefficient (Wildman–Crippen LogP) is 3.98. The van der Waals surface area contributed by atoms with Crippen molar-refractivity contribution in [3.05, 3.63) is 22.5 Å². The molecule has 0 unspecified atom stereocenters. The molecule has 0 aliphatic heterocycles. The van der Waals surface area contributed by atoms with Crippen LogP contribution in [0.1, 0.15) is 0 Å². The van der Waals surface area contributed by atoms with Gasteiger partial charge in [-0.25, -0.2) is 0 Å². The summed E-state index contributed by atoms with van der Waals surface area (Å²) >= 11 is 8.93. The number of thioether (sulfide) groups is 1. The number of hydrogen-bond acceptors (Lipinski definition) is 3. The lowest BCUT2D eigenvalue weighted by atomic mass is 10.2. The first-order valence-corrected chi connectivity index (χ1v) is 6.08. The zero-order valence-electron chi connectivity index (χ0n) is 6.87. The molecule has 1 nitrogen and oxygen atoms in total. The van der Waals surface area contributed by atoms with Crippen molar-refractivity contribution in [1.82, 2.24) is 0 Å². The van der Waals surface area contributed by atoms with Crippen LogP contribution < -0.4 is 0 Å². The van der Waals surface area contributed by atoms with Gasteiger partial charge in [-0.2, -0.15) is 0 Å². The number of fused-ring (bicyclic) bond motifs is 1. The maximum Gasteiger partial charge on any atom is 0.129 e. The molecule has 0 atom stereocenters. The molecule has 0 aliphatic carbocycles. The molecule has 1 N–H and O–H groups in total. The highest BCUT2D eigenvalue weighted by atomic mass is 35.5. The van der Waals surface area contributed by atoms with Crippen LogP contribution in [-0.2, 0) is 0 Å². The first kappa shape index (κ1) is 9.19. The summed E-state index contributed by atoms with van der Waals surface area (Å²) < 4.78 is 1.87. The molecule has 2 aromatic rings. The van der Waals surface area contributed by atoms with Crippen LogP contribution in [0.3, 0.4) is 0 Å². The third-order valence-electron chi connectivity index (χ3n) is 1.79. The molecule has 0 radical (unpaired) electrons. The van der Waals surface area contributed by atoms with E-state index >= 15 is 0 Å². The molecule has 0 spiro atoms. The SMILES string of the molecule is CSc1cc2sc(Cl)cc2cc1O.